The molecule has 0 atom stereocenters. The van der Waals surface area contributed by atoms with Gasteiger partial charge in [0.1, 0.15) is 7.05 Å². The Morgan fingerprint density at radius 3 is 1.88 bits per heavy atom. The van der Waals surface area contributed by atoms with Crippen molar-refractivity contribution in [3.05, 3.63) is 29.6 Å². The molecule has 1 aromatic heterocycles. The van der Waals surface area contributed by atoms with Gasteiger partial charge in [-0.2, -0.15) is 0 Å². The van der Waals surface area contributed by atoms with E-state index in [1.165, 1.54) is 34.7 Å². The molecule has 0 bridgehead atoms. The van der Waals surface area contributed by atoms with Crippen molar-refractivity contribution in [2.45, 2.75) is 11.5 Å². The number of nitrogens with zero attached hydrogens (tertiary/aromatic N) is 1. The maximum Gasteiger partial charge on any atom is 0.300 e. The van der Waals surface area contributed by atoms with Crippen LogP contribution in [0.1, 0.15) is 11.1 Å². The molecule has 0 saturated carbocycles. The third-order valence-corrected chi connectivity index (χ3v) is 3.54. The third-order valence-electron chi connectivity index (χ3n) is 1.92. The van der Waals surface area contributed by atoms with E-state index in [0.29, 0.717) is 10.3 Å². The SMILES string of the molecule is C[n+]1cc(CSC(N)=[NH2+])cc(CSC(N)=[NH2+])c1. The summed E-state index contributed by atoms with van der Waals surface area (Å²) in [5.41, 5.74) is 13.2. The maximum absolute atomic E-state index is 5.42. The summed E-state index contributed by atoms with van der Waals surface area (Å²) < 4.78 is 2.01. The van der Waals surface area contributed by atoms with Gasteiger partial charge in [0.05, 0.1) is 0 Å². The van der Waals surface area contributed by atoms with Crippen LogP contribution < -0.4 is 26.9 Å². The summed E-state index contributed by atoms with van der Waals surface area (Å²) in [5.74, 6) is 1.52. The molecule has 7 heteroatoms. The molecule has 1 heterocycles. The van der Waals surface area contributed by atoms with E-state index in [9.17, 15) is 0 Å². The van der Waals surface area contributed by atoms with Gasteiger partial charge in [0, 0.05) is 22.6 Å². The Bertz CT molecular complexity index is 396. The van der Waals surface area contributed by atoms with Crippen molar-refractivity contribution < 1.29 is 15.4 Å². The highest BCUT2D eigenvalue weighted by Gasteiger charge is 2.08. The molecular formula is C10H18N5S2+3. The molecule has 1 aromatic rings. The van der Waals surface area contributed by atoms with Gasteiger partial charge in [-0.25, -0.2) is 4.57 Å². The molecule has 0 radical (unpaired) electrons. The molecule has 0 aromatic carbocycles. The second kappa shape index (κ2) is 6.51. The highest BCUT2D eigenvalue weighted by Crippen LogP contribution is 2.14. The third kappa shape index (κ3) is 5.60. The summed E-state index contributed by atoms with van der Waals surface area (Å²) in [6, 6.07) is 2.10. The van der Waals surface area contributed by atoms with E-state index in [1.54, 1.807) is 0 Å². The molecule has 0 fully saturated rings. The Labute approximate surface area is 109 Å². The first-order chi connectivity index (χ1) is 7.97. The van der Waals surface area contributed by atoms with Gasteiger partial charge in [-0.15, -0.1) is 0 Å². The summed E-state index contributed by atoms with van der Waals surface area (Å²) in [7, 11) is 1.98. The largest absolute Gasteiger partial charge is 0.300 e. The summed E-state index contributed by atoms with van der Waals surface area (Å²) >= 11 is 2.85. The van der Waals surface area contributed by atoms with Crippen LogP contribution in [0.4, 0.5) is 0 Å². The predicted octanol–water partition coefficient (Wildman–Crippen LogP) is -2.87. The quantitative estimate of drug-likeness (QED) is 0.268. The number of aryl methyl sites for hydroxylation is 1. The first kappa shape index (κ1) is 13.9. The lowest BCUT2D eigenvalue weighted by Gasteiger charge is -2.01. The lowest BCUT2D eigenvalue weighted by atomic mass is 10.2. The molecule has 0 saturated heterocycles. The van der Waals surface area contributed by atoms with E-state index < -0.39 is 0 Å². The minimum atomic E-state index is 0.381. The standard InChI is InChI=1S/C10H16N5S2/c1-15-3-7(5-16-9(11)12)2-8(4-15)6-17-10(13)14/h2-4H,5-6H2,1H3,(H3,11,12)(H3,13,14)/q+1/p+2. The number of pyridine rings is 1. The van der Waals surface area contributed by atoms with Crippen LogP contribution in [0, 0.1) is 0 Å². The van der Waals surface area contributed by atoms with Gasteiger partial charge in [-0.1, -0.05) is 0 Å². The van der Waals surface area contributed by atoms with E-state index in [2.05, 4.69) is 6.07 Å². The Kier molecular flexibility index (Phi) is 5.30. The fraction of sp³-hybridized carbons (Fsp3) is 0.300. The minimum Gasteiger partial charge on any atom is -0.282 e. The number of amidine groups is 2. The summed E-state index contributed by atoms with van der Waals surface area (Å²) in [6.07, 6.45) is 4.08. The lowest BCUT2D eigenvalue weighted by molar-refractivity contribution is -0.672. The van der Waals surface area contributed by atoms with Gasteiger partial charge in [0.15, 0.2) is 12.4 Å². The lowest BCUT2D eigenvalue weighted by Crippen LogP contribution is -2.43. The van der Waals surface area contributed by atoms with Crippen molar-refractivity contribution >= 4 is 33.9 Å². The molecule has 8 N–H and O–H groups in total. The topological polar surface area (TPSA) is 107 Å². The smallest absolute Gasteiger partial charge is 0.282 e. The summed E-state index contributed by atoms with van der Waals surface area (Å²) in [5, 5.41) is 11.6. The van der Waals surface area contributed by atoms with E-state index in [4.69, 9.17) is 22.3 Å². The monoisotopic (exact) mass is 272 g/mol. The molecule has 0 amide bonds. The van der Waals surface area contributed by atoms with Gasteiger partial charge < -0.3 is 0 Å². The van der Waals surface area contributed by atoms with Crippen molar-refractivity contribution in [2.24, 2.45) is 18.5 Å². The number of nitrogens with two attached hydrogens (primary N) is 4. The predicted molar refractivity (Wildman–Crippen MR) is 72.4 cm³/mol. The van der Waals surface area contributed by atoms with Crippen molar-refractivity contribution in [3.8, 4) is 0 Å². The minimum absolute atomic E-state index is 0.381. The van der Waals surface area contributed by atoms with E-state index >= 15 is 0 Å². The summed E-state index contributed by atoms with van der Waals surface area (Å²) in [4.78, 5) is 0. The Morgan fingerprint density at radius 1 is 1.12 bits per heavy atom. The maximum atomic E-state index is 5.42. The highest BCUT2D eigenvalue weighted by molar-refractivity contribution is 8.13. The van der Waals surface area contributed by atoms with Gasteiger partial charge in [0.25, 0.3) is 10.3 Å². The van der Waals surface area contributed by atoms with Crippen LogP contribution in [0.15, 0.2) is 18.5 Å². The Hall–Kier alpha value is -1.21. The average molecular weight is 272 g/mol. The van der Waals surface area contributed by atoms with E-state index in [0.717, 1.165) is 11.5 Å². The number of rotatable bonds is 4. The van der Waals surface area contributed by atoms with Gasteiger partial charge in [-0.05, 0) is 29.6 Å². The molecule has 17 heavy (non-hydrogen) atoms. The molecular weight excluding hydrogens is 254 g/mol. The number of thioether (sulfide) groups is 2. The highest BCUT2D eigenvalue weighted by atomic mass is 32.2. The fourth-order valence-electron chi connectivity index (χ4n) is 1.36. The van der Waals surface area contributed by atoms with Crippen LogP contribution in [0.2, 0.25) is 0 Å². The molecule has 0 aliphatic carbocycles. The van der Waals surface area contributed by atoms with Crippen LogP contribution in [-0.2, 0) is 18.6 Å². The molecule has 92 valence electrons. The number of hydrogen-bond donors (Lipinski definition) is 4. The van der Waals surface area contributed by atoms with Crippen molar-refractivity contribution in [1.29, 1.82) is 0 Å². The number of aromatic nitrogens is 1. The van der Waals surface area contributed by atoms with Crippen molar-refractivity contribution in [3.63, 3.8) is 0 Å². The molecule has 0 aliphatic heterocycles. The van der Waals surface area contributed by atoms with Crippen LogP contribution in [0.5, 0.6) is 0 Å². The van der Waals surface area contributed by atoms with Crippen LogP contribution in [0.25, 0.3) is 0 Å². The summed E-state index contributed by atoms with van der Waals surface area (Å²) in [6.45, 7) is 0. The van der Waals surface area contributed by atoms with Crippen LogP contribution >= 0.6 is 23.5 Å². The van der Waals surface area contributed by atoms with Gasteiger partial charge in [-0.3, -0.25) is 22.3 Å². The van der Waals surface area contributed by atoms with Gasteiger partial charge >= 0.3 is 0 Å². The van der Waals surface area contributed by atoms with E-state index in [1.807, 2.05) is 24.0 Å². The first-order valence-electron chi connectivity index (χ1n) is 4.97. The second-order valence-electron chi connectivity index (χ2n) is 3.60. The number of hydrogen-bond acceptors (Lipinski definition) is 2. The molecule has 0 aliphatic rings. The molecule has 5 nitrogen and oxygen atoms in total. The van der Waals surface area contributed by atoms with Crippen LogP contribution in [-0.4, -0.2) is 10.3 Å². The zero-order chi connectivity index (χ0) is 12.8. The first-order valence-corrected chi connectivity index (χ1v) is 6.94. The van der Waals surface area contributed by atoms with Crippen molar-refractivity contribution in [1.82, 2.24) is 0 Å². The second-order valence-corrected chi connectivity index (χ2v) is 5.70. The molecule has 0 spiro atoms. The Balaban J connectivity index is 2.71. The zero-order valence-corrected chi connectivity index (χ0v) is 11.4. The van der Waals surface area contributed by atoms with Gasteiger partial charge in [0.2, 0.25) is 0 Å². The fourth-order valence-corrected chi connectivity index (χ4v) is 2.35. The van der Waals surface area contributed by atoms with Crippen LogP contribution in [0.3, 0.4) is 0 Å². The Morgan fingerprint density at radius 2 is 1.53 bits per heavy atom. The normalized spacial score (nSPS) is 10.2. The zero-order valence-electron chi connectivity index (χ0n) is 9.72. The van der Waals surface area contributed by atoms with Crippen molar-refractivity contribution in [2.75, 3.05) is 0 Å². The molecule has 1 rings (SSSR count). The average Bonchev–Trinajstić information content (AvgIpc) is 2.23. The molecule has 0 unspecified atom stereocenters. The van der Waals surface area contributed by atoms with E-state index in [-0.39, 0.29) is 0 Å².